The first kappa shape index (κ1) is 9.70. The first-order valence-corrected chi connectivity index (χ1v) is 4.63. The third-order valence-electron chi connectivity index (χ3n) is 2.30. The topological polar surface area (TPSA) is 123 Å². The molecular formula is C8H12N4O4. The molecule has 2 heterocycles. The number of nitrogen functional groups attached to an aromatic ring is 1. The standard InChI is InChI=1S/C8H12N4O4/c9-7-10-3-12(8(15)11-7)6-1-4(14)5(2-13)16-6/h3-6,13-14H,1-2H2,(H2,9,11,15)/t4-,5+,6?/m0/s1/i4D. The summed E-state index contributed by atoms with van der Waals surface area (Å²) < 4.78 is 13.7. The minimum atomic E-state index is -1.94. The molecule has 88 valence electrons. The Hall–Kier alpha value is -1.51. The van der Waals surface area contributed by atoms with Crippen molar-refractivity contribution in [3.8, 4) is 0 Å². The number of anilines is 1. The third kappa shape index (κ3) is 1.90. The lowest BCUT2D eigenvalue weighted by atomic mass is 10.2. The van der Waals surface area contributed by atoms with Crippen LogP contribution in [0.2, 0.25) is 0 Å². The Morgan fingerprint density at radius 2 is 2.56 bits per heavy atom. The third-order valence-corrected chi connectivity index (χ3v) is 2.30. The summed E-state index contributed by atoms with van der Waals surface area (Å²) in [6, 6.07) is 0. The van der Waals surface area contributed by atoms with E-state index in [1.807, 2.05) is 0 Å². The monoisotopic (exact) mass is 229 g/mol. The van der Waals surface area contributed by atoms with Crippen LogP contribution in [0, 0.1) is 0 Å². The highest BCUT2D eigenvalue weighted by atomic mass is 16.5. The Morgan fingerprint density at radius 3 is 3.12 bits per heavy atom. The van der Waals surface area contributed by atoms with E-state index in [9.17, 15) is 9.90 Å². The Morgan fingerprint density at radius 1 is 1.81 bits per heavy atom. The largest absolute Gasteiger partial charge is 0.394 e. The highest BCUT2D eigenvalue weighted by Gasteiger charge is 2.35. The Labute approximate surface area is 91.7 Å². The molecule has 0 amide bonds. The van der Waals surface area contributed by atoms with Gasteiger partial charge in [0.25, 0.3) is 0 Å². The summed E-state index contributed by atoms with van der Waals surface area (Å²) in [4.78, 5) is 18.5. The number of aliphatic hydroxyl groups is 2. The second-order valence-electron chi connectivity index (χ2n) is 3.36. The van der Waals surface area contributed by atoms with E-state index in [1.54, 1.807) is 0 Å². The molecule has 1 aromatic heterocycles. The minimum absolute atomic E-state index is 0.161. The van der Waals surface area contributed by atoms with Crippen LogP contribution in [0.4, 0.5) is 5.95 Å². The average Bonchev–Trinajstić information content (AvgIpc) is 2.53. The van der Waals surface area contributed by atoms with Crippen LogP contribution in [0.25, 0.3) is 0 Å². The fourth-order valence-corrected chi connectivity index (χ4v) is 1.49. The van der Waals surface area contributed by atoms with Gasteiger partial charge in [0.15, 0.2) is 0 Å². The van der Waals surface area contributed by atoms with Gasteiger partial charge >= 0.3 is 5.69 Å². The quantitative estimate of drug-likeness (QED) is 0.528. The summed E-state index contributed by atoms with van der Waals surface area (Å²) in [6.45, 7) is -0.513. The molecule has 3 atom stereocenters. The molecule has 4 N–H and O–H groups in total. The van der Waals surface area contributed by atoms with Gasteiger partial charge in [-0.2, -0.15) is 4.98 Å². The molecule has 1 aromatic rings. The van der Waals surface area contributed by atoms with E-state index in [0.29, 0.717) is 0 Å². The van der Waals surface area contributed by atoms with E-state index in [-0.39, 0.29) is 12.4 Å². The molecule has 0 aliphatic carbocycles. The van der Waals surface area contributed by atoms with Gasteiger partial charge in [0, 0.05) is 6.42 Å². The summed E-state index contributed by atoms with van der Waals surface area (Å²) in [5.74, 6) is -0.163. The Kier molecular flexibility index (Phi) is 2.52. The van der Waals surface area contributed by atoms with E-state index >= 15 is 0 Å². The van der Waals surface area contributed by atoms with Gasteiger partial charge in [-0.3, -0.25) is 4.57 Å². The summed E-state index contributed by atoms with van der Waals surface area (Å²) in [6.07, 6.45) is -2.93. The molecular weight excluding hydrogens is 216 g/mol. The SMILES string of the molecule is [2H][C@]1(O)CC(n2cnc(N)nc2=O)O[C@@H]1CO. The zero-order chi connectivity index (χ0) is 12.6. The van der Waals surface area contributed by atoms with Crippen molar-refractivity contribution in [1.29, 1.82) is 0 Å². The van der Waals surface area contributed by atoms with Crippen LogP contribution in [-0.4, -0.2) is 43.5 Å². The molecule has 1 unspecified atom stereocenters. The normalized spacial score (nSPS) is 35.0. The second-order valence-corrected chi connectivity index (χ2v) is 3.36. The maximum absolute atomic E-state index is 11.5. The molecule has 1 saturated heterocycles. The molecule has 0 spiro atoms. The number of hydrogen-bond acceptors (Lipinski definition) is 7. The molecule has 1 aliphatic rings. The van der Waals surface area contributed by atoms with Crippen LogP contribution < -0.4 is 11.4 Å². The number of aliphatic hydroxyl groups excluding tert-OH is 1. The molecule has 1 fully saturated rings. The number of rotatable bonds is 2. The molecule has 0 saturated carbocycles. The molecule has 0 aromatic carbocycles. The first-order valence-electron chi connectivity index (χ1n) is 5.13. The second kappa shape index (κ2) is 4.16. The van der Waals surface area contributed by atoms with Gasteiger partial charge in [0.1, 0.15) is 18.7 Å². The summed E-state index contributed by atoms with van der Waals surface area (Å²) in [5.41, 5.74) is 4.55. The minimum Gasteiger partial charge on any atom is -0.394 e. The fraction of sp³-hybridized carbons (Fsp3) is 0.625. The zero-order valence-corrected chi connectivity index (χ0v) is 8.28. The predicted octanol–water partition coefficient (Wildman–Crippen LogP) is -2.14. The van der Waals surface area contributed by atoms with Crippen LogP contribution >= 0.6 is 0 Å². The van der Waals surface area contributed by atoms with Crippen LogP contribution in [0.15, 0.2) is 11.1 Å². The van der Waals surface area contributed by atoms with Gasteiger partial charge in [0.05, 0.1) is 14.1 Å². The highest BCUT2D eigenvalue weighted by molar-refractivity contribution is 5.09. The molecule has 2 rings (SSSR count). The van der Waals surface area contributed by atoms with Gasteiger partial charge in [-0.15, -0.1) is 0 Å². The van der Waals surface area contributed by atoms with Crippen LogP contribution in [-0.2, 0) is 4.74 Å². The highest BCUT2D eigenvalue weighted by Crippen LogP contribution is 2.26. The van der Waals surface area contributed by atoms with Gasteiger partial charge in [-0.25, -0.2) is 9.78 Å². The summed E-state index contributed by atoms with van der Waals surface area (Å²) >= 11 is 0. The molecule has 8 heteroatoms. The van der Waals surface area contributed by atoms with E-state index in [4.69, 9.17) is 16.9 Å². The predicted molar refractivity (Wildman–Crippen MR) is 52.3 cm³/mol. The van der Waals surface area contributed by atoms with E-state index < -0.39 is 30.7 Å². The maximum Gasteiger partial charge on any atom is 0.354 e. The number of hydrogen-bond donors (Lipinski definition) is 3. The summed E-state index contributed by atoms with van der Waals surface area (Å²) in [5, 5.41) is 18.6. The molecule has 0 bridgehead atoms. The van der Waals surface area contributed by atoms with Crippen LogP contribution in [0.3, 0.4) is 0 Å². The lowest BCUT2D eigenvalue weighted by Gasteiger charge is -2.13. The lowest BCUT2D eigenvalue weighted by Crippen LogP contribution is -2.28. The number of nitrogens with zero attached hydrogens (tertiary/aromatic N) is 3. The molecule has 0 radical (unpaired) electrons. The van der Waals surface area contributed by atoms with Gasteiger partial charge in [-0.05, 0) is 0 Å². The van der Waals surface area contributed by atoms with Crippen molar-refractivity contribution < 1.29 is 16.3 Å². The number of aromatic nitrogens is 3. The van der Waals surface area contributed by atoms with Crippen molar-refractivity contribution in [2.75, 3.05) is 12.3 Å². The summed E-state index contributed by atoms with van der Waals surface area (Å²) in [7, 11) is 0. The number of nitrogens with two attached hydrogens (primary N) is 1. The van der Waals surface area contributed by atoms with Crippen molar-refractivity contribution in [3.63, 3.8) is 0 Å². The molecule has 16 heavy (non-hydrogen) atoms. The Bertz CT molecular complexity index is 477. The van der Waals surface area contributed by atoms with Crippen molar-refractivity contribution in [3.05, 3.63) is 16.8 Å². The van der Waals surface area contributed by atoms with Crippen molar-refractivity contribution in [2.45, 2.75) is 24.8 Å². The van der Waals surface area contributed by atoms with E-state index in [0.717, 1.165) is 10.9 Å². The number of ether oxygens (including phenoxy) is 1. The first-order chi connectivity index (χ1) is 7.94. The van der Waals surface area contributed by atoms with Gasteiger partial charge in [-0.1, -0.05) is 0 Å². The Balaban J connectivity index is 2.29. The van der Waals surface area contributed by atoms with Crippen LogP contribution in [0.1, 0.15) is 14.0 Å². The molecule has 8 nitrogen and oxygen atoms in total. The average molecular weight is 229 g/mol. The lowest BCUT2D eigenvalue weighted by molar-refractivity contribution is -0.0462. The van der Waals surface area contributed by atoms with Crippen molar-refractivity contribution in [1.82, 2.24) is 14.5 Å². The maximum atomic E-state index is 11.5. The van der Waals surface area contributed by atoms with Gasteiger partial charge in [0.2, 0.25) is 5.95 Å². The van der Waals surface area contributed by atoms with Gasteiger partial charge < -0.3 is 20.7 Å². The molecule has 1 aliphatic heterocycles. The van der Waals surface area contributed by atoms with Crippen molar-refractivity contribution in [2.24, 2.45) is 0 Å². The zero-order valence-electron chi connectivity index (χ0n) is 9.28. The fourth-order valence-electron chi connectivity index (χ4n) is 1.49. The van der Waals surface area contributed by atoms with E-state index in [1.165, 1.54) is 0 Å². The smallest absolute Gasteiger partial charge is 0.354 e. The van der Waals surface area contributed by atoms with Crippen molar-refractivity contribution >= 4 is 5.95 Å². The van der Waals surface area contributed by atoms with E-state index in [2.05, 4.69) is 9.97 Å². The van der Waals surface area contributed by atoms with Crippen LogP contribution in [0.5, 0.6) is 0 Å².